The highest BCUT2D eigenvalue weighted by molar-refractivity contribution is 5.91. The zero-order valence-electron chi connectivity index (χ0n) is 10.6. The van der Waals surface area contributed by atoms with E-state index in [2.05, 4.69) is 15.3 Å². The van der Waals surface area contributed by atoms with Crippen LogP contribution in [0.15, 0.2) is 42.7 Å². The molecule has 2 aromatic rings. The number of nitrogens with two attached hydrogens (primary N) is 1. The summed E-state index contributed by atoms with van der Waals surface area (Å²) in [7, 11) is 0. The van der Waals surface area contributed by atoms with Gasteiger partial charge in [-0.1, -0.05) is 12.1 Å². The maximum Gasteiger partial charge on any atom is 0.244 e. The van der Waals surface area contributed by atoms with Gasteiger partial charge in [0.1, 0.15) is 5.82 Å². The lowest BCUT2D eigenvalue weighted by Crippen LogP contribution is -2.25. The van der Waals surface area contributed by atoms with Crippen LogP contribution in [0.5, 0.6) is 0 Å². The van der Waals surface area contributed by atoms with Gasteiger partial charge >= 0.3 is 0 Å². The van der Waals surface area contributed by atoms with E-state index in [1.807, 2.05) is 19.1 Å². The van der Waals surface area contributed by atoms with E-state index in [4.69, 9.17) is 5.73 Å². The van der Waals surface area contributed by atoms with Gasteiger partial charge < -0.3 is 16.0 Å². The molecule has 98 valence electrons. The summed E-state index contributed by atoms with van der Waals surface area (Å²) >= 11 is 0. The van der Waals surface area contributed by atoms with Gasteiger partial charge in [-0.25, -0.2) is 4.98 Å². The minimum Gasteiger partial charge on any atom is -0.399 e. The van der Waals surface area contributed by atoms with Crippen LogP contribution in [0.1, 0.15) is 24.4 Å². The maximum atomic E-state index is 11.7. The number of H-pyrrole nitrogens is 1. The van der Waals surface area contributed by atoms with Gasteiger partial charge in [-0.3, -0.25) is 4.79 Å². The summed E-state index contributed by atoms with van der Waals surface area (Å²) in [6.45, 7) is 1.87. The van der Waals surface area contributed by atoms with Crippen LogP contribution in [0.3, 0.4) is 0 Å². The molecule has 5 heteroatoms. The Balaban J connectivity index is 1.92. The van der Waals surface area contributed by atoms with E-state index < -0.39 is 0 Å². The number of amides is 1. The molecule has 0 spiro atoms. The number of nitrogen functional groups attached to an aromatic ring is 1. The first-order valence-corrected chi connectivity index (χ1v) is 5.98. The molecule has 19 heavy (non-hydrogen) atoms. The summed E-state index contributed by atoms with van der Waals surface area (Å²) in [6, 6.07) is 7.15. The highest BCUT2D eigenvalue weighted by Crippen LogP contribution is 2.08. The molecule has 4 N–H and O–H groups in total. The van der Waals surface area contributed by atoms with E-state index in [0.717, 1.165) is 11.4 Å². The van der Waals surface area contributed by atoms with E-state index >= 15 is 0 Å². The number of imidazole rings is 1. The number of hydrogen-bond donors (Lipinski definition) is 3. The molecule has 0 bridgehead atoms. The second kappa shape index (κ2) is 5.86. The van der Waals surface area contributed by atoms with E-state index in [0.29, 0.717) is 5.69 Å². The van der Waals surface area contributed by atoms with E-state index in [-0.39, 0.29) is 11.9 Å². The standard InChI is InChI=1S/C14H16N4O/c1-10(14-16-8-9-17-14)18-13(19)7-4-11-2-5-12(15)6-3-11/h2-10H,15H2,1H3,(H,16,17)(H,18,19)/b7-4+. The Hall–Kier alpha value is -2.56. The van der Waals surface area contributed by atoms with Crippen LogP contribution in [0.2, 0.25) is 0 Å². The van der Waals surface area contributed by atoms with Crippen molar-refractivity contribution in [2.24, 2.45) is 0 Å². The predicted molar refractivity (Wildman–Crippen MR) is 75.0 cm³/mol. The van der Waals surface area contributed by atoms with E-state index in [1.54, 1.807) is 30.6 Å². The Morgan fingerprint density at radius 1 is 1.42 bits per heavy atom. The fourth-order valence-electron chi connectivity index (χ4n) is 1.62. The highest BCUT2D eigenvalue weighted by atomic mass is 16.1. The van der Waals surface area contributed by atoms with Crippen LogP contribution in [0.4, 0.5) is 5.69 Å². The number of carbonyl (C=O) groups is 1. The zero-order valence-corrected chi connectivity index (χ0v) is 10.6. The Morgan fingerprint density at radius 3 is 2.79 bits per heavy atom. The smallest absolute Gasteiger partial charge is 0.244 e. The largest absolute Gasteiger partial charge is 0.399 e. The van der Waals surface area contributed by atoms with Gasteiger partial charge in [0.25, 0.3) is 0 Å². The lowest BCUT2D eigenvalue weighted by Gasteiger charge is -2.08. The molecule has 1 aromatic heterocycles. The van der Waals surface area contributed by atoms with Gasteiger partial charge in [0.2, 0.25) is 5.91 Å². The number of aromatic nitrogens is 2. The third-order valence-corrected chi connectivity index (χ3v) is 2.65. The number of anilines is 1. The van der Waals surface area contributed by atoms with Crippen LogP contribution in [0.25, 0.3) is 6.08 Å². The molecule has 1 heterocycles. The molecule has 1 unspecified atom stereocenters. The van der Waals surface area contributed by atoms with Gasteiger partial charge in [-0.2, -0.15) is 0 Å². The van der Waals surface area contributed by atoms with Crippen LogP contribution in [0, 0.1) is 0 Å². The molecule has 0 saturated carbocycles. The number of rotatable bonds is 4. The fourth-order valence-corrected chi connectivity index (χ4v) is 1.62. The third-order valence-electron chi connectivity index (χ3n) is 2.65. The summed E-state index contributed by atoms with van der Waals surface area (Å²) in [4.78, 5) is 18.8. The predicted octanol–water partition coefficient (Wildman–Crippen LogP) is 1.88. The van der Waals surface area contributed by atoms with Crippen molar-refractivity contribution in [3.8, 4) is 0 Å². The number of nitrogens with one attached hydrogen (secondary N) is 2. The quantitative estimate of drug-likeness (QED) is 0.577. The van der Waals surface area contributed by atoms with Crippen LogP contribution >= 0.6 is 0 Å². The number of carbonyl (C=O) groups excluding carboxylic acids is 1. The molecule has 0 aliphatic rings. The molecule has 0 radical (unpaired) electrons. The van der Waals surface area contributed by atoms with Crippen molar-refractivity contribution in [2.45, 2.75) is 13.0 Å². The Morgan fingerprint density at radius 2 is 2.16 bits per heavy atom. The summed E-state index contributed by atoms with van der Waals surface area (Å²) in [5.41, 5.74) is 7.22. The van der Waals surface area contributed by atoms with Crippen molar-refractivity contribution < 1.29 is 4.79 Å². The highest BCUT2D eigenvalue weighted by Gasteiger charge is 2.08. The van der Waals surface area contributed by atoms with Gasteiger partial charge in [0.15, 0.2) is 0 Å². The van der Waals surface area contributed by atoms with Crippen LogP contribution < -0.4 is 11.1 Å². The molecule has 1 aromatic carbocycles. The summed E-state index contributed by atoms with van der Waals surface area (Å²) in [5, 5.41) is 2.82. The monoisotopic (exact) mass is 256 g/mol. The Labute approximate surface area is 111 Å². The number of nitrogens with zero attached hydrogens (tertiary/aromatic N) is 1. The minimum absolute atomic E-state index is 0.154. The molecule has 2 rings (SSSR count). The molecular formula is C14H16N4O. The number of aromatic amines is 1. The van der Waals surface area contributed by atoms with Crippen molar-refractivity contribution in [3.63, 3.8) is 0 Å². The molecule has 0 aliphatic carbocycles. The maximum absolute atomic E-state index is 11.7. The zero-order chi connectivity index (χ0) is 13.7. The molecule has 5 nitrogen and oxygen atoms in total. The van der Waals surface area contributed by atoms with E-state index in [1.165, 1.54) is 6.08 Å². The van der Waals surface area contributed by atoms with Crippen molar-refractivity contribution in [2.75, 3.05) is 5.73 Å². The molecule has 0 aliphatic heterocycles. The summed E-state index contributed by atoms with van der Waals surface area (Å²) < 4.78 is 0. The first-order chi connectivity index (χ1) is 9.15. The van der Waals surface area contributed by atoms with Crippen molar-refractivity contribution >= 4 is 17.7 Å². The molecule has 0 saturated heterocycles. The number of hydrogen-bond acceptors (Lipinski definition) is 3. The SMILES string of the molecule is CC(NC(=O)/C=C/c1ccc(N)cc1)c1ncc[nH]1. The lowest BCUT2D eigenvalue weighted by molar-refractivity contribution is -0.117. The van der Waals surface area contributed by atoms with Gasteiger partial charge in [0.05, 0.1) is 6.04 Å². The summed E-state index contributed by atoms with van der Waals surface area (Å²) in [6.07, 6.45) is 6.61. The Kier molecular flexibility index (Phi) is 3.97. The summed E-state index contributed by atoms with van der Waals surface area (Å²) in [5.74, 6) is 0.565. The van der Waals surface area contributed by atoms with Crippen LogP contribution in [-0.4, -0.2) is 15.9 Å². The third kappa shape index (κ3) is 3.70. The van der Waals surface area contributed by atoms with Gasteiger partial charge in [-0.05, 0) is 30.7 Å². The molecular weight excluding hydrogens is 240 g/mol. The fraction of sp³-hybridized carbons (Fsp3) is 0.143. The van der Waals surface area contributed by atoms with Crippen molar-refractivity contribution in [3.05, 3.63) is 54.1 Å². The Bertz CT molecular complexity index is 558. The lowest BCUT2D eigenvalue weighted by atomic mass is 10.2. The second-order valence-corrected chi connectivity index (χ2v) is 4.20. The first-order valence-electron chi connectivity index (χ1n) is 5.98. The molecule has 1 atom stereocenters. The number of benzene rings is 1. The first kappa shape index (κ1) is 12.9. The topological polar surface area (TPSA) is 83.8 Å². The average Bonchev–Trinajstić information content (AvgIpc) is 2.92. The van der Waals surface area contributed by atoms with E-state index in [9.17, 15) is 4.79 Å². The normalized spacial score (nSPS) is 12.5. The van der Waals surface area contributed by atoms with Crippen LogP contribution in [-0.2, 0) is 4.79 Å². The minimum atomic E-state index is -0.166. The van der Waals surface area contributed by atoms with Crippen molar-refractivity contribution in [1.29, 1.82) is 0 Å². The second-order valence-electron chi connectivity index (χ2n) is 4.20. The molecule has 0 fully saturated rings. The molecule has 1 amide bonds. The van der Waals surface area contributed by atoms with Crippen molar-refractivity contribution in [1.82, 2.24) is 15.3 Å². The average molecular weight is 256 g/mol. The van der Waals surface area contributed by atoms with Gasteiger partial charge in [0, 0.05) is 24.2 Å². The van der Waals surface area contributed by atoms with Gasteiger partial charge in [-0.15, -0.1) is 0 Å².